The number of hydrogen-bond donors (Lipinski definition) is 0. The number of aromatic nitrogens is 3. The van der Waals surface area contributed by atoms with E-state index >= 15 is 0 Å². The minimum absolute atomic E-state index is 0.00188. The number of carbonyl (C=O) groups is 1. The number of carbonyl (C=O) groups excluding carboxylic acids is 1. The zero-order chi connectivity index (χ0) is 24.3. The molecule has 0 bridgehead atoms. The third-order valence-corrected chi connectivity index (χ3v) is 6.65. The van der Waals surface area contributed by atoms with Crippen LogP contribution in [0, 0.1) is 0 Å². The minimum atomic E-state index is 0.00188. The van der Waals surface area contributed by atoms with E-state index in [0.29, 0.717) is 21.6 Å². The molecule has 0 aliphatic carbocycles. The van der Waals surface area contributed by atoms with Gasteiger partial charge in [0.2, 0.25) is 0 Å². The van der Waals surface area contributed by atoms with Crippen LogP contribution in [0.3, 0.4) is 0 Å². The van der Waals surface area contributed by atoms with Crippen LogP contribution in [0.1, 0.15) is 36.7 Å². The van der Waals surface area contributed by atoms with Crippen molar-refractivity contribution in [3.8, 4) is 22.8 Å². The van der Waals surface area contributed by atoms with Crippen LogP contribution in [0.2, 0.25) is 5.02 Å². The third-order valence-electron chi connectivity index (χ3n) is 5.47. The van der Waals surface area contributed by atoms with Crippen molar-refractivity contribution in [3.63, 3.8) is 0 Å². The van der Waals surface area contributed by atoms with Crippen molar-refractivity contribution in [2.24, 2.45) is 0 Å². The van der Waals surface area contributed by atoms with Gasteiger partial charge in [-0.05, 0) is 59.5 Å². The van der Waals surface area contributed by atoms with E-state index in [4.69, 9.17) is 16.3 Å². The average molecular weight is 492 g/mol. The molecule has 0 spiro atoms. The zero-order valence-corrected chi connectivity index (χ0v) is 21.2. The fourth-order valence-corrected chi connectivity index (χ4v) is 4.46. The van der Waals surface area contributed by atoms with Gasteiger partial charge in [-0.1, -0.05) is 68.4 Å². The van der Waals surface area contributed by atoms with Crippen LogP contribution >= 0.6 is 23.4 Å². The summed E-state index contributed by atoms with van der Waals surface area (Å²) in [6.07, 6.45) is 0. The Morgan fingerprint density at radius 1 is 0.941 bits per heavy atom. The van der Waals surface area contributed by atoms with Crippen LogP contribution in [-0.2, 0) is 5.41 Å². The van der Waals surface area contributed by atoms with E-state index in [-0.39, 0.29) is 17.0 Å². The maximum atomic E-state index is 12.7. The highest BCUT2D eigenvalue weighted by Gasteiger charge is 2.19. The van der Waals surface area contributed by atoms with Crippen LogP contribution in [0.4, 0.5) is 0 Å². The molecule has 0 aliphatic heterocycles. The van der Waals surface area contributed by atoms with E-state index in [1.54, 1.807) is 31.4 Å². The number of halogens is 1. The molecule has 1 aromatic heterocycles. The lowest BCUT2D eigenvalue weighted by molar-refractivity contribution is 0.102. The molecule has 7 heteroatoms. The Morgan fingerprint density at radius 3 is 2.18 bits per heavy atom. The van der Waals surface area contributed by atoms with E-state index in [2.05, 4.69) is 55.2 Å². The highest BCUT2D eigenvalue weighted by atomic mass is 35.5. The van der Waals surface area contributed by atoms with Crippen LogP contribution in [0.25, 0.3) is 17.1 Å². The molecule has 4 rings (SSSR count). The van der Waals surface area contributed by atoms with Gasteiger partial charge in [0, 0.05) is 21.8 Å². The largest absolute Gasteiger partial charge is 0.497 e. The van der Waals surface area contributed by atoms with Gasteiger partial charge in [-0.2, -0.15) is 0 Å². The Bertz CT molecular complexity index is 1280. The minimum Gasteiger partial charge on any atom is -0.497 e. The molecule has 174 valence electrons. The molecule has 0 atom stereocenters. The Labute approximate surface area is 209 Å². The molecule has 0 saturated heterocycles. The molecular weight excluding hydrogens is 466 g/mol. The quantitative estimate of drug-likeness (QED) is 0.208. The first-order chi connectivity index (χ1) is 16.3. The molecule has 0 amide bonds. The van der Waals surface area contributed by atoms with Crippen LogP contribution in [0.5, 0.6) is 5.75 Å². The predicted molar refractivity (Wildman–Crippen MR) is 139 cm³/mol. The molecule has 0 N–H and O–H groups in total. The van der Waals surface area contributed by atoms with Crippen molar-refractivity contribution in [2.45, 2.75) is 31.3 Å². The van der Waals surface area contributed by atoms with Gasteiger partial charge >= 0.3 is 0 Å². The molecule has 34 heavy (non-hydrogen) atoms. The van der Waals surface area contributed by atoms with E-state index in [9.17, 15) is 4.79 Å². The number of benzene rings is 3. The van der Waals surface area contributed by atoms with E-state index in [0.717, 1.165) is 17.0 Å². The Kier molecular flexibility index (Phi) is 7.10. The van der Waals surface area contributed by atoms with E-state index in [1.165, 1.54) is 17.3 Å². The van der Waals surface area contributed by atoms with Gasteiger partial charge in [-0.15, -0.1) is 10.2 Å². The molecule has 4 aromatic rings. The molecule has 5 nitrogen and oxygen atoms in total. The average Bonchev–Trinajstić information content (AvgIpc) is 3.26. The van der Waals surface area contributed by atoms with E-state index < -0.39 is 0 Å². The molecule has 0 radical (unpaired) electrons. The first kappa shape index (κ1) is 24.0. The molecular formula is C27H26ClN3O2S. The highest BCUT2D eigenvalue weighted by Crippen LogP contribution is 2.31. The molecule has 1 heterocycles. The summed E-state index contributed by atoms with van der Waals surface area (Å²) in [4.78, 5) is 12.7. The van der Waals surface area contributed by atoms with Gasteiger partial charge in [-0.25, -0.2) is 0 Å². The second-order valence-electron chi connectivity index (χ2n) is 8.89. The highest BCUT2D eigenvalue weighted by molar-refractivity contribution is 7.99. The third kappa shape index (κ3) is 5.34. The Morgan fingerprint density at radius 2 is 1.59 bits per heavy atom. The summed E-state index contributed by atoms with van der Waals surface area (Å²) < 4.78 is 7.29. The van der Waals surface area contributed by atoms with Crippen molar-refractivity contribution < 1.29 is 9.53 Å². The van der Waals surface area contributed by atoms with Gasteiger partial charge < -0.3 is 4.74 Å². The lowest BCUT2D eigenvalue weighted by Gasteiger charge is -2.19. The van der Waals surface area contributed by atoms with Crippen molar-refractivity contribution in [1.29, 1.82) is 0 Å². The predicted octanol–water partition coefficient (Wildman–Crippen LogP) is 6.87. The second kappa shape index (κ2) is 10.0. The fraction of sp³-hybridized carbons (Fsp3) is 0.222. The summed E-state index contributed by atoms with van der Waals surface area (Å²) in [7, 11) is 1.64. The standard InChI is InChI=1S/C27H26ClN3O2S/c1-27(2,3)20-9-5-19(6-10-20)25-29-30-26(31(25)22-13-15-23(33-4)16-14-22)34-17-24(32)18-7-11-21(28)12-8-18/h5-16H,17H2,1-4H3. The van der Waals surface area contributed by atoms with Crippen molar-refractivity contribution in [1.82, 2.24) is 14.8 Å². The van der Waals surface area contributed by atoms with Crippen LogP contribution < -0.4 is 4.74 Å². The second-order valence-corrected chi connectivity index (χ2v) is 10.3. The van der Waals surface area contributed by atoms with Crippen LogP contribution in [0.15, 0.2) is 78.0 Å². The van der Waals surface area contributed by atoms with Crippen molar-refractivity contribution in [3.05, 3.63) is 88.9 Å². The number of Topliss-reactive ketones (excluding diaryl/α,β-unsaturated/α-hetero) is 1. The number of ether oxygens (including phenoxy) is 1. The Hall–Kier alpha value is -3.09. The number of ketones is 1. The summed E-state index contributed by atoms with van der Waals surface area (Å²) in [5, 5.41) is 10.2. The normalized spacial score (nSPS) is 11.4. The fourth-order valence-electron chi connectivity index (χ4n) is 3.48. The topological polar surface area (TPSA) is 57.0 Å². The molecule has 0 unspecified atom stereocenters. The van der Waals surface area contributed by atoms with Gasteiger partial charge in [0.05, 0.1) is 12.9 Å². The number of rotatable bonds is 7. The maximum absolute atomic E-state index is 12.7. The summed E-state index contributed by atoms with van der Waals surface area (Å²) in [5.74, 6) is 1.72. The van der Waals surface area contributed by atoms with Gasteiger partial charge in [-0.3, -0.25) is 9.36 Å². The molecule has 0 fully saturated rings. The van der Waals surface area contributed by atoms with Gasteiger partial charge in [0.15, 0.2) is 16.8 Å². The van der Waals surface area contributed by atoms with Gasteiger partial charge in [0.25, 0.3) is 0 Å². The van der Waals surface area contributed by atoms with Crippen molar-refractivity contribution >= 4 is 29.1 Å². The SMILES string of the molecule is COc1ccc(-n2c(SCC(=O)c3ccc(Cl)cc3)nnc2-c2ccc(C(C)(C)C)cc2)cc1. The van der Waals surface area contributed by atoms with Crippen molar-refractivity contribution in [2.75, 3.05) is 12.9 Å². The first-order valence-electron chi connectivity index (χ1n) is 10.9. The molecule has 3 aromatic carbocycles. The monoisotopic (exact) mass is 491 g/mol. The zero-order valence-electron chi connectivity index (χ0n) is 19.6. The summed E-state index contributed by atoms with van der Waals surface area (Å²) >= 11 is 7.31. The number of hydrogen-bond acceptors (Lipinski definition) is 5. The molecule has 0 saturated carbocycles. The number of methoxy groups -OCH3 is 1. The van der Waals surface area contributed by atoms with E-state index in [1.807, 2.05) is 28.8 Å². The lowest BCUT2D eigenvalue weighted by Crippen LogP contribution is -2.10. The Balaban J connectivity index is 1.68. The first-order valence-corrected chi connectivity index (χ1v) is 12.2. The summed E-state index contributed by atoms with van der Waals surface area (Å²) in [6, 6.07) is 23.0. The number of nitrogens with zero attached hydrogens (tertiary/aromatic N) is 3. The van der Waals surface area contributed by atoms with Gasteiger partial charge in [0.1, 0.15) is 5.75 Å². The summed E-state index contributed by atoms with van der Waals surface area (Å²) in [6.45, 7) is 6.57. The maximum Gasteiger partial charge on any atom is 0.196 e. The van der Waals surface area contributed by atoms with Crippen LogP contribution in [-0.4, -0.2) is 33.4 Å². The smallest absolute Gasteiger partial charge is 0.196 e. The lowest BCUT2D eigenvalue weighted by atomic mass is 9.87. The summed E-state index contributed by atoms with van der Waals surface area (Å²) in [5.41, 5.74) is 3.76. The number of thioether (sulfide) groups is 1. The molecule has 0 aliphatic rings.